The van der Waals surface area contributed by atoms with Crippen LogP contribution in [0.15, 0.2) is 24.3 Å². The van der Waals surface area contributed by atoms with Crippen molar-refractivity contribution in [2.75, 3.05) is 0 Å². The molecular formula is C20H27F3O2. The second-order valence-corrected chi connectivity index (χ2v) is 7.01. The quantitative estimate of drug-likeness (QED) is 0.321. The van der Waals surface area contributed by atoms with Crippen LogP contribution in [-0.2, 0) is 11.0 Å². The number of carbonyl (C=O) groups excluding carboxylic acids is 1. The third-order valence-corrected chi connectivity index (χ3v) is 5.05. The molecule has 1 aromatic rings. The predicted octanol–water partition coefficient (Wildman–Crippen LogP) is 6.39. The van der Waals surface area contributed by atoms with E-state index in [4.69, 9.17) is 4.74 Å². The summed E-state index contributed by atoms with van der Waals surface area (Å²) in [7, 11) is 0. The summed E-state index contributed by atoms with van der Waals surface area (Å²) < 4.78 is 42.9. The Bertz CT molecular complexity index is 529. The Morgan fingerprint density at radius 3 is 2.24 bits per heavy atom. The molecule has 0 spiro atoms. The van der Waals surface area contributed by atoms with Gasteiger partial charge in [0.15, 0.2) is 0 Å². The molecule has 140 valence electrons. The van der Waals surface area contributed by atoms with E-state index in [2.05, 4.69) is 6.92 Å². The van der Waals surface area contributed by atoms with Crippen molar-refractivity contribution < 1.29 is 22.7 Å². The zero-order valence-electron chi connectivity index (χ0n) is 14.8. The molecule has 1 fully saturated rings. The van der Waals surface area contributed by atoms with Gasteiger partial charge in [0.1, 0.15) is 5.75 Å². The maximum absolute atomic E-state index is 12.5. The number of alkyl halides is 3. The topological polar surface area (TPSA) is 26.3 Å². The van der Waals surface area contributed by atoms with Gasteiger partial charge in [-0.25, -0.2) is 0 Å². The third kappa shape index (κ3) is 6.37. The molecule has 0 aromatic heterocycles. The fourth-order valence-corrected chi connectivity index (χ4v) is 3.46. The van der Waals surface area contributed by atoms with E-state index in [9.17, 15) is 18.0 Å². The minimum atomic E-state index is -4.38. The second-order valence-electron chi connectivity index (χ2n) is 7.01. The van der Waals surface area contributed by atoms with E-state index in [1.54, 1.807) is 0 Å². The van der Waals surface area contributed by atoms with Crippen molar-refractivity contribution in [1.82, 2.24) is 0 Å². The average molecular weight is 356 g/mol. The number of benzene rings is 1. The van der Waals surface area contributed by atoms with Crippen molar-refractivity contribution in [3.8, 4) is 5.75 Å². The zero-order valence-corrected chi connectivity index (χ0v) is 14.8. The Morgan fingerprint density at radius 2 is 1.68 bits per heavy atom. The van der Waals surface area contributed by atoms with E-state index in [-0.39, 0.29) is 17.6 Å². The lowest BCUT2D eigenvalue weighted by molar-refractivity contribution is -0.140. The van der Waals surface area contributed by atoms with Crippen LogP contribution in [0, 0.1) is 11.8 Å². The highest BCUT2D eigenvalue weighted by atomic mass is 19.4. The first-order chi connectivity index (χ1) is 11.9. The highest BCUT2D eigenvalue weighted by molar-refractivity contribution is 5.75. The highest BCUT2D eigenvalue weighted by Crippen LogP contribution is 2.34. The molecule has 0 aliphatic heterocycles. The molecule has 0 amide bonds. The summed E-state index contributed by atoms with van der Waals surface area (Å²) in [4.78, 5) is 12.2. The molecular weight excluding hydrogens is 329 g/mol. The summed E-state index contributed by atoms with van der Waals surface area (Å²) in [5.41, 5.74) is -0.740. The zero-order chi connectivity index (χ0) is 18.3. The van der Waals surface area contributed by atoms with Crippen molar-refractivity contribution >= 4 is 5.97 Å². The van der Waals surface area contributed by atoms with Gasteiger partial charge in [-0.1, -0.05) is 39.0 Å². The summed E-state index contributed by atoms with van der Waals surface area (Å²) in [5.74, 6) is 0.435. The van der Waals surface area contributed by atoms with Gasteiger partial charge in [-0.3, -0.25) is 4.79 Å². The normalized spacial score (nSPS) is 21.1. The first-order valence-corrected chi connectivity index (χ1v) is 9.29. The standard InChI is InChI=1S/C20H27F3O2/c1-2-3-4-5-6-15-7-9-16(10-8-15)19(24)25-18-13-11-17(12-14-18)20(21,22)23/h11-16H,2-10H2,1H3/t15-,16-. The van der Waals surface area contributed by atoms with Crippen LogP contribution in [0.5, 0.6) is 5.75 Å². The Kier molecular flexibility index (Phi) is 7.33. The molecule has 2 rings (SSSR count). The van der Waals surface area contributed by atoms with Crippen LogP contribution in [0.2, 0.25) is 0 Å². The molecule has 5 heteroatoms. The van der Waals surface area contributed by atoms with E-state index >= 15 is 0 Å². The first kappa shape index (κ1) is 19.8. The summed E-state index contributed by atoms with van der Waals surface area (Å²) in [5, 5.41) is 0. The van der Waals surface area contributed by atoms with Crippen molar-refractivity contribution in [3.05, 3.63) is 29.8 Å². The third-order valence-electron chi connectivity index (χ3n) is 5.05. The number of hydrogen-bond acceptors (Lipinski definition) is 2. The number of unbranched alkanes of at least 4 members (excludes halogenated alkanes) is 3. The highest BCUT2D eigenvalue weighted by Gasteiger charge is 2.31. The van der Waals surface area contributed by atoms with Gasteiger partial charge in [0.05, 0.1) is 11.5 Å². The molecule has 1 saturated carbocycles. The minimum absolute atomic E-state index is 0.130. The van der Waals surface area contributed by atoms with E-state index in [0.29, 0.717) is 5.92 Å². The SMILES string of the molecule is CCCCCC[C@H]1CC[C@H](C(=O)Oc2ccc(C(F)(F)F)cc2)CC1. The van der Waals surface area contributed by atoms with Gasteiger partial charge < -0.3 is 4.74 Å². The number of esters is 1. The molecule has 0 N–H and O–H groups in total. The molecule has 0 atom stereocenters. The maximum Gasteiger partial charge on any atom is 0.416 e. The second kappa shape index (κ2) is 9.25. The molecule has 1 aromatic carbocycles. The molecule has 25 heavy (non-hydrogen) atoms. The number of ether oxygens (including phenoxy) is 1. The van der Waals surface area contributed by atoms with E-state index in [1.807, 2.05) is 0 Å². The van der Waals surface area contributed by atoms with Gasteiger partial charge in [0.2, 0.25) is 0 Å². The van der Waals surface area contributed by atoms with Crippen LogP contribution >= 0.6 is 0 Å². The fraction of sp³-hybridized carbons (Fsp3) is 0.650. The van der Waals surface area contributed by atoms with Crippen LogP contribution in [0.1, 0.15) is 70.3 Å². The Hall–Kier alpha value is -1.52. The molecule has 0 radical (unpaired) electrons. The first-order valence-electron chi connectivity index (χ1n) is 9.29. The van der Waals surface area contributed by atoms with Gasteiger partial charge in [0.25, 0.3) is 0 Å². The van der Waals surface area contributed by atoms with Crippen molar-refractivity contribution in [1.29, 1.82) is 0 Å². The number of rotatable bonds is 7. The largest absolute Gasteiger partial charge is 0.426 e. The summed E-state index contributed by atoms with van der Waals surface area (Å²) in [6.07, 6.45) is 5.65. The molecule has 2 nitrogen and oxygen atoms in total. The Morgan fingerprint density at radius 1 is 1.04 bits per heavy atom. The Labute approximate surface area is 147 Å². The van der Waals surface area contributed by atoms with Crippen molar-refractivity contribution in [2.24, 2.45) is 11.8 Å². The van der Waals surface area contributed by atoms with Crippen LogP contribution < -0.4 is 4.74 Å². The van der Waals surface area contributed by atoms with Gasteiger partial charge in [0, 0.05) is 0 Å². The monoisotopic (exact) mass is 356 g/mol. The van der Waals surface area contributed by atoms with E-state index < -0.39 is 11.7 Å². The molecule has 0 bridgehead atoms. The number of hydrogen-bond donors (Lipinski definition) is 0. The van der Waals surface area contributed by atoms with Crippen molar-refractivity contribution in [2.45, 2.75) is 70.9 Å². The molecule has 0 unspecified atom stereocenters. The smallest absolute Gasteiger partial charge is 0.416 e. The average Bonchev–Trinajstić information content (AvgIpc) is 2.59. The lowest BCUT2D eigenvalue weighted by Gasteiger charge is -2.27. The molecule has 0 saturated heterocycles. The number of halogens is 3. The summed E-state index contributed by atoms with van der Waals surface area (Å²) >= 11 is 0. The summed E-state index contributed by atoms with van der Waals surface area (Å²) in [6.45, 7) is 2.20. The van der Waals surface area contributed by atoms with Crippen molar-refractivity contribution in [3.63, 3.8) is 0 Å². The van der Waals surface area contributed by atoms with Crippen LogP contribution in [0.25, 0.3) is 0 Å². The minimum Gasteiger partial charge on any atom is -0.426 e. The van der Waals surface area contributed by atoms with Crippen LogP contribution in [-0.4, -0.2) is 5.97 Å². The number of carbonyl (C=O) groups is 1. The van der Waals surface area contributed by atoms with Crippen LogP contribution in [0.3, 0.4) is 0 Å². The van der Waals surface area contributed by atoms with Crippen LogP contribution in [0.4, 0.5) is 13.2 Å². The van der Waals surface area contributed by atoms with Gasteiger partial charge in [-0.05, 0) is 55.9 Å². The van der Waals surface area contributed by atoms with Gasteiger partial charge in [-0.15, -0.1) is 0 Å². The molecule has 1 aliphatic carbocycles. The lowest BCUT2D eigenvalue weighted by atomic mass is 9.80. The van der Waals surface area contributed by atoms with E-state index in [0.717, 1.165) is 37.8 Å². The molecule has 0 heterocycles. The lowest BCUT2D eigenvalue weighted by Crippen LogP contribution is -2.25. The Balaban J connectivity index is 1.75. The summed E-state index contributed by atoms with van der Waals surface area (Å²) in [6, 6.07) is 4.30. The maximum atomic E-state index is 12.5. The molecule has 1 aliphatic rings. The van der Waals surface area contributed by atoms with Gasteiger partial charge in [-0.2, -0.15) is 13.2 Å². The fourth-order valence-electron chi connectivity index (χ4n) is 3.46. The van der Waals surface area contributed by atoms with E-state index in [1.165, 1.54) is 44.2 Å². The predicted molar refractivity (Wildman–Crippen MR) is 91.3 cm³/mol. The van der Waals surface area contributed by atoms with Gasteiger partial charge >= 0.3 is 12.1 Å².